The highest BCUT2D eigenvalue weighted by atomic mass is 16.6. The summed E-state index contributed by atoms with van der Waals surface area (Å²) in [6, 6.07) is 4.66. The molecule has 1 unspecified atom stereocenters. The second-order valence-corrected chi connectivity index (χ2v) is 4.67. The molecular weight excluding hydrogens is 248 g/mol. The lowest BCUT2D eigenvalue weighted by atomic mass is 10.2. The van der Waals surface area contributed by atoms with Gasteiger partial charge in [0.1, 0.15) is 0 Å². The van der Waals surface area contributed by atoms with E-state index >= 15 is 0 Å². The zero-order chi connectivity index (χ0) is 14.4. The molecule has 0 aliphatic carbocycles. The van der Waals surface area contributed by atoms with Gasteiger partial charge >= 0.3 is 5.69 Å². The maximum atomic E-state index is 10.9. The molecule has 6 nitrogen and oxygen atoms in total. The maximum Gasteiger partial charge on any atom is 0.311 e. The molecule has 0 heterocycles. The molecule has 1 atom stereocenters. The Bertz CT molecular complexity index is 433. The minimum atomic E-state index is -0.461. The fourth-order valence-corrected chi connectivity index (χ4v) is 1.55. The van der Waals surface area contributed by atoms with Crippen molar-refractivity contribution >= 4 is 11.4 Å². The van der Waals surface area contributed by atoms with E-state index in [1.54, 1.807) is 19.1 Å². The van der Waals surface area contributed by atoms with Crippen LogP contribution in [-0.2, 0) is 0 Å². The Labute approximate surface area is 112 Å². The van der Waals surface area contributed by atoms with Crippen molar-refractivity contribution in [2.75, 3.05) is 11.9 Å². The number of nitrogens with one attached hydrogen (secondary N) is 1. The van der Waals surface area contributed by atoms with Crippen LogP contribution in [0.2, 0.25) is 0 Å². The van der Waals surface area contributed by atoms with Gasteiger partial charge in [-0.25, -0.2) is 0 Å². The summed E-state index contributed by atoms with van der Waals surface area (Å²) in [6.07, 6.45) is 0.0977. The van der Waals surface area contributed by atoms with Gasteiger partial charge in [-0.3, -0.25) is 10.1 Å². The summed E-state index contributed by atoms with van der Waals surface area (Å²) in [5.41, 5.74) is 0.691. The predicted octanol–water partition coefficient (Wildman–Crippen LogP) is 2.56. The number of nitrogens with zero attached hydrogens (tertiary/aromatic N) is 1. The van der Waals surface area contributed by atoms with Crippen LogP contribution in [0.1, 0.15) is 27.2 Å². The Hall–Kier alpha value is -1.82. The predicted molar refractivity (Wildman–Crippen MR) is 73.6 cm³/mol. The molecule has 1 aromatic carbocycles. The van der Waals surface area contributed by atoms with E-state index in [1.807, 2.05) is 13.8 Å². The van der Waals surface area contributed by atoms with Gasteiger partial charge in [-0.2, -0.15) is 0 Å². The minimum absolute atomic E-state index is 0.0465. The van der Waals surface area contributed by atoms with Crippen molar-refractivity contribution in [3.63, 3.8) is 0 Å². The number of aliphatic hydroxyl groups is 1. The Morgan fingerprint density at radius 1 is 1.42 bits per heavy atom. The van der Waals surface area contributed by atoms with Crippen LogP contribution >= 0.6 is 0 Å². The van der Waals surface area contributed by atoms with Gasteiger partial charge in [0.2, 0.25) is 0 Å². The summed E-state index contributed by atoms with van der Waals surface area (Å²) in [4.78, 5) is 10.4. The molecule has 19 heavy (non-hydrogen) atoms. The Balaban J connectivity index is 2.82. The standard InChI is InChI=1S/C13H20N2O4/c1-9(2)19-13-8-11(14-7-6-10(3)16)4-5-12(13)15(17)18/h4-5,8-10,14,16H,6-7H2,1-3H3. The van der Waals surface area contributed by atoms with Gasteiger partial charge in [0.05, 0.1) is 17.1 Å². The van der Waals surface area contributed by atoms with E-state index in [0.29, 0.717) is 13.0 Å². The third kappa shape index (κ3) is 5.13. The SMILES string of the molecule is CC(O)CCNc1ccc([N+](=O)[O-])c(OC(C)C)c1. The van der Waals surface area contributed by atoms with Gasteiger partial charge in [-0.1, -0.05) is 0 Å². The van der Waals surface area contributed by atoms with E-state index in [0.717, 1.165) is 5.69 Å². The average molecular weight is 268 g/mol. The molecule has 0 saturated carbocycles. The molecule has 0 fully saturated rings. The summed E-state index contributed by atoms with van der Waals surface area (Å²) in [5, 5.41) is 23.1. The van der Waals surface area contributed by atoms with E-state index in [-0.39, 0.29) is 23.6 Å². The number of hydrogen-bond donors (Lipinski definition) is 2. The molecule has 0 aromatic heterocycles. The van der Waals surface area contributed by atoms with Gasteiger partial charge in [0, 0.05) is 24.4 Å². The minimum Gasteiger partial charge on any atom is -0.484 e. The zero-order valence-corrected chi connectivity index (χ0v) is 11.4. The van der Waals surface area contributed by atoms with Crippen molar-refractivity contribution in [3.8, 4) is 5.75 Å². The first-order valence-corrected chi connectivity index (χ1v) is 6.27. The van der Waals surface area contributed by atoms with Crippen LogP contribution in [-0.4, -0.2) is 28.8 Å². The number of anilines is 1. The Kier molecular flexibility index (Phi) is 5.57. The molecule has 1 rings (SSSR count). The van der Waals surface area contributed by atoms with E-state index < -0.39 is 4.92 Å². The van der Waals surface area contributed by atoms with Crippen molar-refractivity contribution < 1.29 is 14.8 Å². The second-order valence-electron chi connectivity index (χ2n) is 4.67. The molecule has 0 bridgehead atoms. The zero-order valence-electron chi connectivity index (χ0n) is 11.4. The normalized spacial score (nSPS) is 12.3. The van der Waals surface area contributed by atoms with Crippen LogP contribution in [0.25, 0.3) is 0 Å². The van der Waals surface area contributed by atoms with Gasteiger partial charge in [-0.15, -0.1) is 0 Å². The van der Waals surface area contributed by atoms with Crippen LogP contribution in [0.15, 0.2) is 18.2 Å². The van der Waals surface area contributed by atoms with Gasteiger partial charge in [0.15, 0.2) is 5.75 Å². The Morgan fingerprint density at radius 3 is 2.63 bits per heavy atom. The Morgan fingerprint density at radius 2 is 2.11 bits per heavy atom. The molecule has 6 heteroatoms. The number of ether oxygens (including phenoxy) is 1. The van der Waals surface area contributed by atoms with E-state index in [2.05, 4.69) is 5.32 Å². The number of hydrogen-bond acceptors (Lipinski definition) is 5. The highest BCUT2D eigenvalue weighted by Gasteiger charge is 2.16. The fourth-order valence-electron chi connectivity index (χ4n) is 1.55. The monoisotopic (exact) mass is 268 g/mol. The third-order valence-corrected chi connectivity index (χ3v) is 2.41. The number of aliphatic hydroxyl groups excluding tert-OH is 1. The highest BCUT2D eigenvalue weighted by molar-refractivity contribution is 5.58. The lowest BCUT2D eigenvalue weighted by Gasteiger charge is -2.13. The average Bonchev–Trinajstić information content (AvgIpc) is 2.27. The first-order valence-electron chi connectivity index (χ1n) is 6.27. The van der Waals surface area contributed by atoms with Crippen LogP contribution in [0.3, 0.4) is 0 Å². The van der Waals surface area contributed by atoms with E-state index in [4.69, 9.17) is 9.84 Å². The van der Waals surface area contributed by atoms with Crippen molar-refractivity contribution in [3.05, 3.63) is 28.3 Å². The number of rotatable bonds is 7. The molecule has 0 amide bonds. The van der Waals surface area contributed by atoms with Gasteiger partial charge in [-0.05, 0) is 33.3 Å². The highest BCUT2D eigenvalue weighted by Crippen LogP contribution is 2.30. The first-order chi connectivity index (χ1) is 8.90. The molecule has 0 aliphatic rings. The van der Waals surface area contributed by atoms with Crippen LogP contribution in [0.4, 0.5) is 11.4 Å². The van der Waals surface area contributed by atoms with Gasteiger partial charge in [0.25, 0.3) is 0 Å². The largest absolute Gasteiger partial charge is 0.484 e. The van der Waals surface area contributed by atoms with Crippen molar-refractivity contribution in [1.29, 1.82) is 0 Å². The topological polar surface area (TPSA) is 84.6 Å². The number of nitro groups is 1. The summed E-state index contributed by atoms with van der Waals surface area (Å²) in [5.74, 6) is 0.252. The molecule has 2 N–H and O–H groups in total. The lowest BCUT2D eigenvalue weighted by molar-refractivity contribution is -0.386. The van der Waals surface area contributed by atoms with E-state index in [1.165, 1.54) is 6.07 Å². The third-order valence-electron chi connectivity index (χ3n) is 2.41. The quantitative estimate of drug-likeness (QED) is 0.586. The maximum absolute atomic E-state index is 10.9. The van der Waals surface area contributed by atoms with Crippen molar-refractivity contribution in [1.82, 2.24) is 0 Å². The number of benzene rings is 1. The smallest absolute Gasteiger partial charge is 0.311 e. The lowest BCUT2D eigenvalue weighted by Crippen LogP contribution is -2.11. The van der Waals surface area contributed by atoms with Gasteiger partial charge < -0.3 is 15.2 Å². The summed E-state index contributed by atoms with van der Waals surface area (Å²) < 4.78 is 5.44. The van der Waals surface area contributed by atoms with Crippen LogP contribution in [0, 0.1) is 10.1 Å². The molecule has 0 aliphatic heterocycles. The molecule has 0 radical (unpaired) electrons. The molecule has 1 aromatic rings. The molecule has 0 saturated heterocycles. The summed E-state index contributed by atoms with van der Waals surface area (Å²) in [7, 11) is 0. The van der Waals surface area contributed by atoms with Crippen LogP contribution in [0.5, 0.6) is 5.75 Å². The molecule has 106 valence electrons. The molecule has 0 spiro atoms. The number of nitro benzene ring substituents is 1. The van der Waals surface area contributed by atoms with Crippen molar-refractivity contribution in [2.24, 2.45) is 0 Å². The molecular formula is C13H20N2O4. The first kappa shape index (κ1) is 15.2. The summed E-state index contributed by atoms with van der Waals surface area (Å²) >= 11 is 0. The summed E-state index contributed by atoms with van der Waals surface area (Å²) in [6.45, 7) is 5.94. The van der Waals surface area contributed by atoms with E-state index in [9.17, 15) is 10.1 Å². The second kappa shape index (κ2) is 6.94. The van der Waals surface area contributed by atoms with Crippen molar-refractivity contribution in [2.45, 2.75) is 39.4 Å². The van der Waals surface area contributed by atoms with Crippen LogP contribution < -0.4 is 10.1 Å². The fraction of sp³-hybridized carbons (Fsp3) is 0.538.